The van der Waals surface area contributed by atoms with Crippen LogP contribution in [0.15, 0.2) is 77.7 Å². The Kier molecular flexibility index (Phi) is 9.08. The number of nitrogens with one attached hydrogen (secondary N) is 1. The molecule has 0 bridgehead atoms. The quantitative estimate of drug-likeness (QED) is 0.375. The van der Waals surface area contributed by atoms with Crippen LogP contribution in [0.5, 0.6) is 5.75 Å². The number of benzene rings is 3. The minimum atomic E-state index is -4.02. The van der Waals surface area contributed by atoms with Crippen LogP contribution in [-0.4, -0.2) is 45.5 Å². The zero-order chi connectivity index (χ0) is 26.3. The Bertz CT molecular complexity index is 1270. The molecule has 0 atom stereocenters. The van der Waals surface area contributed by atoms with Gasteiger partial charge in [-0.3, -0.25) is 14.0 Å². The third kappa shape index (κ3) is 7.25. The lowest BCUT2D eigenvalue weighted by molar-refractivity contribution is -0.119. The van der Waals surface area contributed by atoms with Crippen molar-refractivity contribution in [2.45, 2.75) is 37.8 Å². The van der Waals surface area contributed by atoms with Gasteiger partial charge in [0.05, 0.1) is 17.2 Å². The Labute approximate surface area is 224 Å². The summed E-state index contributed by atoms with van der Waals surface area (Å²) in [6, 6.07) is 20.7. The number of carbonyl (C=O) groups excluding carboxylic acids is 1. The maximum Gasteiger partial charge on any atom is 0.264 e. The predicted molar refractivity (Wildman–Crippen MR) is 146 cm³/mol. The second-order valence-electron chi connectivity index (χ2n) is 8.97. The summed E-state index contributed by atoms with van der Waals surface area (Å²) in [7, 11) is -4.02. The molecule has 1 heterocycles. The van der Waals surface area contributed by atoms with Crippen LogP contribution in [0.1, 0.15) is 30.9 Å². The SMILES string of the molecule is CCOc1ccc(N(CC(=O)NCc2ccc(CN3CCCC3)cc2)S(=O)(=O)c2ccc(Cl)cc2)cc1. The highest BCUT2D eigenvalue weighted by Gasteiger charge is 2.27. The molecule has 196 valence electrons. The van der Waals surface area contributed by atoms with E-state index in [1.54, 1.807) is 24.3 Å². The summed E-state index contributed by atoms with van der Waals surface area (Å²) in [5.41, 5.74) is 2.55. The highest BCUT2D eigenvalue weighted by Crippen LogP contribution is 2.26. The largest absolute Gasteiger partial charge is 0.494 e. The number of likely N-dealkylation sites (tertiary alicyclic amines) is 1. The molecule has 0 aromatic heterocycles. The second-order valence-corrected chi connectivity index (χ2v) is 11.3. The average Bonchev–Trinajstić information content (AvgIpc) is 3.41. The van der Waals surface area contributed by atoms with Crippen molar-refractivity contribution in [3.8, 4) is 5.75 Å². The van der Waals surface area contributed by atoms with Crippen LogP contribution in [0, 0.1) is 0 Å². The lowest BCUT2D eigenvalue weighted by atomic mass is 10.1. The van der Waals surface area contributed by atoms with Gasteiger partial charge in [-0.2, -0.15) is 0 Å². The van der Waals surface area contributed by atoms with Gasteiger partial charge in [-0.25, -0.2) is 8.42 Å². The van der Waals surface area contributed by atoms with E-state index >= 15 is 0 Å². The first-order chi connectivity index (χ1) is 17.8. The fraction of sp³-hybridized carbons (Fsp3) is 0.321. The number of halogens is 1. The fourth-order valence-corrected chi connectivity index (χ4v) is 5.82. The number of anilines is 1. The van der Waals surface area contributed by atoms with E-state index in [1.807, 2.05) is 19.1 Å². The Morgan fingerprint density at radius 1 is 0.946 bits per heavy atom. The zero-order valence-corrected chi connectivity index (χ0v) is 22.5. The summed E-state index contributed by atoms with van der Waals surface area (Å²) < 4.78 is 33.6. The average molecular weight is 542 g/mol. The molecule has 7 nitrogen and oxygen atoms in total. The van der Waals surface area contributed by atoms with E-state index in [4.69, 9.17) is 16.3 Å². The van der Waals surface area contributed by atoms with Crippen molar-refractivity contribution in [3.63, 3.8) is 0 Å². The minimum Gasteiger partial charge on any atom is -0.494 e. The van der Waals surface area contributed by atoms with E-state index in [0.717, 1.165) is 29.5 Å². The maximum absolute atomic E-state index is 13.5. The van der Waals surface area contributed by atoms with Gasteiger partial charge in [0.1, 0.15) is 12.3 Å². The lowest BCUT2D eigenvalue weighted by Gasteiger charge is -2.24. The Morgan fingerprint density at radius 3 is 2.19 bits per heavy atom. The smallest absolute Gasteiger partial charge is 0.264 e. The number of sulfonamides is 1. The number of hydrogen-bond acceptors (Lipinski definition) is 5. The maximum atomic E-state index is 13.5. The molecule has 0 spiro atoms. The predicted octanol–water partition coefficient (Wildman–Crippen LogP) is 4.85. The molecule has 0 saturated carbocycles. The standard InChI is InChI=1S/C28H32ClN3O4S/c1-2-36-26-13-11-25(12-14-26)32(37(34,35)27-15-9-24(29)10-16-27)21-28(33)30-19-22-5-7-23(8-6-22)20-31-17-3-4-18-31/h5-16H,2-4,17-21H2,1H3,(H,30,33). The molecule has 0 radical (unpaired) electrons. The van der Waals surface area contributed by atoms with Gasteiger partial charge in [-0.1, -0.05) is 35.9 Å². The molecular weight excluding hydrogens is 510 g/mol. The molecule has 3 aromatic rings. The number of ether oxygens (including phenoxy) is 1. The molecule has 0 unspecified atom stereocenters. The van der Waals surface area contributed by atoms with E-state index in [1.165, 1.54) is 42.7 Å². The molecule has 1 aliphatic rings. The Morgan fingerprint density at radius 2 is 1.57 bits per heavy atom. The number of hydrogen-bond donors (Lipinski definition) is 1. The molecule has 37 heavy (non-hydrogen) atoms. The molecule has 1 amide bonds. The van der Waals surface area contributed by atoms with Crippen molar-refractivity contribution in [3.05, 3.63) is 88.9 Å². The number of rotatable bonds is 11. The highest BCUT2D eigenvalue weighted by molar-refractivity contribution is 7.92. The number of nitrogens with zero attached hydrogens (tertiary/aromatic N) is 2. The fourth-order valence-electron chi connectivity index (χ4n) is 4.27. The summed E-state index contributed by atoms with van der Waals surface area (Å²) in [5, 5.41) is 3.28. The summed E-state index contributed by atoms with van der Waals surface area (Å²) in [6.07, 6.45) is 2.51. The topological polar surface area (TPSA) is 79.0 Å². The molecule has 1 N–H and O–H groups in total. The molecule has 9 heteroatoms. The zero-order valence-electron chi connectivity index (χ0n) is 20.9. The first-order valence-corrected chi connectivity index (χ1v) is 14.2. The van der Waals surface area contributed by atoms with Gasteiger partial charge < -0.3 is 10.1 Å². The van der Waals surface area contributed by atoms with Crippen molar-refractivity contribution in [2.75, 3.05) is 30.5 Å². The number of carbonyl (C=O) groups is 1. The molecule has 3 aromatic carbocycles. The van der Waals surface area contributed by atoms with Gasteiger partial charge >= 0.3 is 0 Å². The van der Waals surface area contributed by atoms with Crippen LogP contribution in [0.3, 0.4) is 0 Å². The minimum absolute atomic E-state index is 0.0483. The van der Waals surface area contributed by atoms with Gasteiger partial charge in [-0.05, 0) is 92.5 Å². The van der Waals surface area contributed by atoms with Crippen LogP contribution >= 0.6 is 11.6 Å². The first kappa shape index (κ1) is 27.0. The van der Waals surface area contributed by atoms with Crippen LogP contribution in [0.25, 0.3) is 0 Å². The molecule has 1 aliphatic heterocycles. The van der Waals surface area contributed by atoms with Gasteiger partial charge in [0, 0.05) is 18.1 Å². The van der Waals surface area contributed by atoms with Crippen molar-refractivity contribution >= 4 is 33.2 Å². The van der Waals surface area contributed by atoms with Crippen molar-refractivity contribution < 1.29 is 17.9 Å². The van der Waals surface area contributed by atoms with E-state index < -0.39 is 15.9 Å². The molecule has 0 aliphatic carbocycles. The van der Waals surface area contributed by atoms with Crippen molar-refractivity contribution in [2.24, 2.45) is 0 Å². The van der Waals surface area contributed by atoms with E-state index in [0.29, 0.717) is 29.6 Å². The van der Waals surface area contributed by atoms with Gasteiger partial charge in [-0.15, -0.1) is 0 Å². The second kappa shape index (κ2) is 12.4. The van der Waals surface area contributed by atoms with Crippen LogP contribution in [-0.2, 0) is 27.9 Å². The monoisotopic (exact) mass is 541 g/mol. The summed E-state index contributed by atoms with van der Waals surface area (Å²) in [6.45, 7) is 5.52. The van der Waals surface area contributed by atoms with Crippen LogP contribution < -0.4 is 14.4 Å². The Hall–Kier alpha value is -3.07. The van der Waals surface area contributed by atoms with Crippen LogP contribution in [0.2, 0.25) is 5.02 Å². The van der Waals surface area contributed by atoms with Crippen LogP contribution in [0.4, 0.5) is 5.69 Å². The van der Waals surface area contributed by atoms with Crippen molar-refractivity contribution in [1.29, 1.82) is 0 Å². The third-order valence-electron chi connectivity index (χ3n) is 6.24. The number of amides is 1. The van der Waals surface area contributed by atoms with E-state index in [-0.39, 0.29) is 11.4 Å². The molecule has 1 saturated heterocycles. The van der Waals surface area contributed by atoms with Gasteiger partial charge in [0.15, 0.2) is 0 Å². The first-order valence-electron chi connectivity index (χ1n) is 12.4. The third-order valence-corrected chi connectivity index (χ3v) is 8.28. The Balaban J connectivity index is 1.45. The summed E-state index contributed by atoms with van der Waals surface area (Å²) in [4.78, 5) is 15.4. The molecule has 4 rings (SSSR count). The molecular formula is C28H32ClN3O4S. The molecule has 1 fully saturated rings. The lowest BCUT2D eigenvalue weighted by Crippen LogP contribution is -2.40. The summed E-state index contributed by atoms with van der Waals surface area (Å²) in [5.74, 6) is 0.209. The normalized spacial score (nSPS) is 13.9. The summed E-state index contributed by atoms with van der Waals surface area (Å²) >= 11 is 5.95. The van der Waals surface area contributed by atoms with E-state index in [2.05, 4.69) is 22.3 Å². The van der Waals surface area contributed by atoms with Gasteiger partial charge in [0.25, 0.3) is 10.0 Å². The highest BCUT2D eigenvalue weighted by atomic mass is 35.5. The van der Waals surface area contributed by atoms with Crippen molar-refractivity contribution in [1.82, 2.24) is 10.2 Å². The van der Waals surface area contributed by atoms with Gasteiger partial charge in [0.2, 0.25) is 5.91 Å². The van der Waals surface area contributed by atoms with E-state index in [9.17, 15) is 13.2 Å².